The fourth-order valence-corrected chi connectivity index (χ4v) is 2.34. The van der Waals surface area contributed by atoms with Crippen molar-refractivity contribution < 1.29 is 4.39 Å². The lowest BCUT2D eigenvalue weighted by Crippen LogP contribution is -2.49. The van der Waals surface area contributed by atoms with E-state index in [4.69, 9.17) is 0 Å². The maximum Gasteiger partial charge on any atom is 0.148 e. The van der Waals surface area contributed by atoms with Gasteiger partial charge in [-0.3, -0.25) is 0 Å². The highest BCUT2D eigenvalue weighted by Gasteiger charge is 2.18. The van der Waals surface area contributed by atoms with Gasteiger partial charge in [0, 0.05) is 37.4 Å². The van der Waals surface area contributed by atoms with Gasteiger partial charge in [0.1, 0.15) is 5.82 Å². The number of nitrogens with zero attached hydrogens (tertiary/aromatic N) is 1. The first kappa shape index (κ1) is 13.1. The van der Waals surface area contributed by atoms with Gasteiger partial charge in [0.2, 0.25) is 0 Å². The Bertz CT molecular complexity index is 406. The summed E-state index contributed by atoms with van der Waals surface area (Å²) in [5, 5.41) is 6.58. The van der Waals surface area contributed by atoms with Crippen LogP contribution in [-0.2, 0) is 0 Å². The second-order valence-electron chi connectivity index (χ2n) is 5.27. The second kappa shape index (κ2) is 5.57. The maximum atomic E-state index is 14.1. The van der Waals surface area contributed by atoms with Crippen LogP contribution in [0.5, 0.6) is 0 Å². The first-order valence-corrected chi connectivity index (χ1v) is 6.60. The van der Waals surface area contributed by atoms with E-state index in [-0.39, 0.29) is 5.82 Å². The SMILES string of the molecule is CC(C)Nc1ccc(N2CCNC(C)C2)c(F)c1. The van der Waals surface area contributed by atoms with Gasteiger partial charge >= 0.3 is 0 Å². The monoisotopic (exact) mass is 251 g/mol. The van der Waals surface area contributed by atoms with E-state index in [1.54, 1.807) is 6.07 Å². The highest BCUT2D eigenvalue weighted by molar-refractivity contribution is 5.57. The zero-order valence-electron chi connectivity index (χ0n) is 11.3. The number of anilines is 2. The Morgan fingerprint density at radius 2 is 2.22 bits per heavy atom. The van der Waals surface area contributed by atoms with Crippen LogP contribution in [0.15, 0.2) is 18.2 Å². The summed E-state index contributed by atoms with van der Waals surface area (Å²) in [6.07, 6.45) is 0. The van der Waals surface area contributed by atoms with E-state index >= 15 is 0 Å². The van der Waals surface area contributed by atoms with Crippen LogP contribution >= 0.6 is 0 Å². The molecule has 2 rings (SSSR count). The van der Waals surface area contributed by atoms with Crippen LogP contribution in [-0.4, -0.2) is 31.7 Å². The van der Waals surface area contributed by atoms with Crippen molar-refractivity contribution in [2.75, 3.05) is 29.9 Å². The van der Waals surface area contributed by atoms with Gasteiger partial charge in [-0.25, -0.2) is 4.39 Å². The van der Waals surface area contributed by atoms with E-state index in [2.05, 4.69) is 22.5 Å². The topological polar surface area (TPSA) is 27.3 Å². The minimum atomic E-state index is -0.144. The summed E-state index contributed by atoms with van der Waals surface area (Å²) >= 11 is 0. The molecule has 0 aliphatic carbocycles. The lowest BCUT2D eigenvalue weighted by atomic mass is 10.2. The Labute approximate surface area is 108 Å². The van der Waals surface area contributed by atoms with Gasteiger partial charge < -0.3 is 15.5 Å². The first-order chi connectivity index (χ1) is 8.56. The third kappa shape index (κ3) is 3.13. The normalized spacial score (nSPS) is 20.3. The van der Waals surface area contributed by atoms with E-state index < -0.39 is 0 Å². The third-order valence-electron chi connectivity index (χ3n) is 3.11. The smallest absolute Gasteiger partial charge is 0.148 e. The highest BCUT2D eigenvalue weighted by Crippen LogP contribution is 2.24. The minimum Gasteiger partial charge on any atom is -0.383 e. The third-order valence-corrected chi connectivity index (χ3v) is 3.11. The molecule has 0 amide bonds. The van der Waals surface area contributed by atoms with Crippen LogP contribution in [0.1, 0.15) is 20.8 Å². The van der Waals surface area contributed by atoms with Crippen molar-refractivity contribution in [1.29, 1.82) is 0 Å². The molecule has 100 valence electrons. The number of hydrogen-bond acceptors (Lipinski definition) is 3. The van der Waals surface area contributed by atoms with E-state index in [9.17, 15) is 4.39 Å². The molecule has 2 N–H and O–H groups in total. The first-order valence-electron chi connectivity index (χ1n) is 6.60. The average Bonchev–Trinajstić information content (AvgIpc) is 2.28. The molecule has 0 spiro atoms. The predicted molar refractivity (Wildman–Crippen MR) is 74.8 cm³/mol. The van der Waals surface area contributed by atoms with Crippen molar-refractivity contribution in [2.24, 2.45) is 0 Å². The van der Waals surface area contributed by atoms with Crippen LogP contribution in [0, 0.1) is 5.82 Å². The standard InChI is InChI=1S/C14H22FN3/c1-10(2)17-12-4-5-14(13(15)8-12)18-7-6-16-11(3)9-18/h4-5,8,10-11,16-17H,6-7,9H2,1-3H3. The summed E-state index contributed by atoms with van der Waals surface area (Å²) in [4.78, 5) is 2.11. The van der Waals surface area contributed by atoms with Crippen molar-refractivity contribution in [3.05, 3.63) is 24.0 Å². The molecule has 1 fully saturated rings. The highest BCUT2D eigenvalue weighted by atomic mass is 19.1. The molecule has 1 aromatic carbocycles. The lowest BCUT2D eigenvalue weighted by Gasteiger charge is -2.34. The molecule has 0 radical (unpaired) electrons. The Hall–Kier alpha value is -1.29. The number of benzene rings is 1. The van der Waals surface area contributed by atoms with Gasteiger partial charge in [-0.1, -0.05) is 0 Å². The fourth-order valence-electron chi connectivity index (χ4n) is 2.34. The minimum absolute atomic E-state index is 0.144. The molecule has 1 aliphatic heterocycles. The lowest BCUT2D eigenvalue weighted by molar-refractivity contribution is 0.478. The van der Waals surface area contributed by atoms with Gasteiger partial charge in [-0.2, -0.15) is 0 Å². The van der Waals surface area contributed by atoms with Gasteiger partial charge in [-0.05, 0) is 39.0 Å². The summed E-state index contributed by atoms with van der Waals surface area (Å²) < 4.78 is 14.1. The largest absolute Gasteiger partial charge is 0.383 e. The molecule has 1 heterocycles. The zero-order valence-corrected chi connectivity index (χ0v) is 11.3. The maximum absolute atomic E-state index is 14.1. The number of halogens is 1. The molecule has 4 heteroatoms. The van der Waals surface area contributed by atoms with Crippen molar-refractivity contribution in [2.45, 2.75) is 32.9 Å². The average molecular weight is 251 g/mol. The number of rotatable bonds is 3. The molecule has 1 saturated heterocycles. The molecule has 1 unspecified atom stereocenters. The Morgan fingerprint density at radius 3 is 2.83 bits per heavy atom. The predicted octanol–water partition coefficient (Wildman–Crippen LogP) is 2.44. The second-order valence-corrected chi connectivity index (χ2v) is 5.27. The molecule has 0 saturated carbocycles. The molecule has 18 heavy (non-hydrogen) atoms. The number of hydrogen-bond donors (Lipinski definition) is 2. The summed E-state index contributed by atoms with van der Waals surface area (Å²) in [5.74, 6) is -0.144. The molecule has 1 atom stereocenters. The Morgan fingerprint density at radius 1 is 1.44 bits per heavy atom. The Balaban J connectivity index is 2.13. The summed E-state index contributed by atoms with van der Waals surface area (Å²) in [6, 6.07) is 6.13. The van der Waals surface area contributed by atoms with E-state index in [0.29, 0.717) is 17.8 Å². The van der Waals surface area contributed by atoms with Gasteiger partial charge in [0.25, 0.3) is 0 Å². The van der Waals surface area contributed by atoms with Gasteiger partial charge in [0.05, 0.1) is 5.69 Å². The number of nitrogens with one attached hydrogen (secondary N) is 2. The molecule has 0 aromatic heterocycles. The van der Waals surface area contributed by atoms with Crippen molar-refractivity contribution in [3.8, 4) is 0 Å². The molecular weight excluding hydrogens is 229 g/mol. The molecule has 0 bridgehead atoms. The van der Waals surface area contributed by atoms with Crippen molar-refractivity contribution in [1.82, 2.24) is 5.32 Å². The zero-order chi connectivity index (χ0) is 13.1. The summed E-state index contributed by atoms with van der Waals surface area (Å²) in [5.41, 5.74) is 1.55. The van der Waals surface area contributed by atoms with Crippen LogP contribution in [0.2, 0.25) is 0 Å². The molecule has 1 aromatic rings. The molecular formula is C14H22FN3. The van der Waals surface area contributed by atoms with Gasteiger partial charge in [-0.15, -0.1) is 0 Å². The van der Waals surface area contributed by atoms with Crippen molar-refractivity contribution >= 4 is 11.4 Å². The van der Waals surface area contributed by atoms with E-state index in [1.165, 1.54) is 0 Å². The summed E-state index contributed by atoms with van der Waals surface area (Å²) in [7, 11) is 0. The molecule has 1 aliphatic rings. The van der Waals surface area contributed by atoms with E-state index in [1.807, 2.05) is 26.0 Å². The summed E-state index contributed by atoms with van der Waals surface area (Å²) in [6.45, 7) is 8.84. The van der Waals surface area contributed by atoms with Crippen LogP contribution in [0.25, 0.3) is 0 Å². The van der Waals surface area contributed by atoms with Crippen molar-refractivity contribution in [3.63, 3.8) is 0 Å². The molecule has 3 nitrogen and oxygen atoms in total. The number of piperazine rings is 1. The Kier molecular flexibility index (Phi) is 4.07. The van der Waals surface area contributed by atoms with Crippen LogP contribution in [0.4, 0.5) is 15.8 Å². The quantitative estimate of drug-likeness (QED) is 0.864. The van der Waals surface area contributed by atoms with E-state index in [0.717, 1.165) is 25.3 Å². The fraction of sp³-hybridized carbons (Fsp3) is 0.571. The van der Waals surface area contributed by atoms with Gasteiger partial charge in [0.15, 0.2) is 0 Å². The van der Waals surface area contributed by atoms with Crippen LogP contribution in [0.3, 0.4) is 0 Å². The van der Waals surface area contributed by atoms with Crippen LogP contribution < -0.4 is 15.5 Å².